The van der Waals surface area contributed by atoms with Gasteiger partial charge in [-0.25, -0.2) is 4.79 Å². The molecule has 3 aromatic rings. The van der Waals surface area contributed by atoms with Gasteiger partial charge in [-0.2, -0.15) is 0 Å². The average molecular weight is 405 g/mol. The van der Waals surface area contributed by atoms with Crippen molar-refractivity contribution in [1.82, 2.24) is 4.90 Å². The number of likely N-dealkylation sites (tertiary alicyclic amines) is 1. The summed E-state index contributed by atoms with van der Waals surface area (Å²) >= 11 is 0. The van der Waals surface area contributed by atoms with Gasteiger partial charge in [0.15, 0.2) is 0 Å². The number of methoxy groups -OCH3 is 1. The van der Waals surface area contributed by atoms with E-state index in [9.17, 15) is 9.59 Å². The molecule has 0 radical (unpaired) electrons. The number of para-hydroxylation sites is 1. The molecule has 154 valence electrons. The summed E-state index contributed by atoms with van der Waals surface area (Å²) < 4.78 is 16.5. The predicted octanol–water partition coefficient (Wildman–Crippen LogP) is 3.20. The summed E-state index contributed by atoms with van der Waals surface area (Å²) in [5.74, 6) is 0.254. The quantitative estimate of drug-likeness (QED) is 0.624. The lowest BCUT2D eigenvalue weighted by atomic mass is 9.82. The van der Waals surface area contributed by atoms with Gasteiger partial charge >= 0.3 is 5.63 Å². The molecule has 2 saturated heterocycles. The first-order valence-electron chi connectivity index (χ1n) is 10.1. The first-order valence-corrected chi connectivity index (χ1v) is 10.1. The Bertz CT molecular complexity index is 1170. The molecule has 2 atom stereocenters. The van der Waals surface area contributed by atoms with Crippen LogP contribution in [0.4, 0.5) is 0 Å². The summed E-state index contributed by atoms with van der Waals surface area (Å²) in [4.78, 5) is 27.7. The average Bonchev–Trinajstić information content (AvgIpc) is 3.30. The SMILES string of the molecule is COC[C@@]12COC[C@@H]1CN(C(=O)c1cccc(-c3cc4ccccc4oc3=O)c1)C2. The molecule has 0 saturated carbocycles. The smallest absolute Gasteiger partial charge is 0.344 e. The zero-order valence-electron chi connectivity index (χ0n) is 16.8. The standard InChI is InChI=1S/C24H23NO5/c1-28-14-24-13-25(11-19(24)12-29-15-24)22(26)18-7-4-6-16(9-18)20-10-17-5-2-3-8-21(17)30-23(20)27/h2-10,19H,11-15H2,1H3/t19-,24-/m0/s1. The molecular weight excluding hydrogens is 382 g/mol. The van der Waals surface area contributed by atoms with Crippen molar-refractivity contribution in [3.05, 3.63) is 70.6 Å². The highest BCUT2D eigenvalue weighted by atomic mass is 16.5. The molecule has 0 bridgehead atoms. The second kappa shape index (κ2) is 7.38. The van der Waals surface area contributed by atoms with Crippen molar-refractivity contribution in [3.63, 3.8) is 0 Å². The third-order valence-corrected chi connectivity index (χ3v) is 6.30. The summed E-state index contributed by atoms with van der Waals surface area (Å²) in [5.41, 5.74) is 1.70. The maximum atomic E-state index is 13.2. The third-order valence-electron chi connectivity index (χ3n) is 6.30. The Morgan fingerprint density at radius 1 is 1.20 bits per heavy atom. The molecule has 2 fully saturated rings. The molecule has 0 aliphatic carbocycles. The minimum atomic E-state index is -0.412. The van der Waals surface area contributed by atoms with Gasteiger partial charge in [-0.3, -0.25) is 4.79 Å². The third kappa shape index (κ3) is 3.13. The fourth-order valence-corrected chi connectivity index (χ4v) is 4.74. The largest absolute Gasteiger partial charge is 0.422 e. The van der Waals surface area contributed by atoms with Gasteiger partial charge in [0.25, 0.3) is 5.91 Å². The first kappa shape index (κ1) is 19.0. The highest BCUT2D eigenvalue weighted by Crippen LogP contribution is 2.42. The Kier molecular flexibility index (Phi) is 4.68. The van der Waals surface area contributed by atoms with E-state index < -0.39 is 5.63 Å². The number of carbonyl (C=O) groups is 1. The fourth-order valence-electron chi connectivity index (χ4n) is 4.74. The van der Waals surface area contributed by atoms with E-state index in [0.717, 1.165) is 5.39 Å². The van der Waals surface area contributed by atoms with Crippen LogP contribution in [0.3, 0.4) is 0 Å². The number of hydrogen-bond donors (Lipinski definition) is 0. The van der Waals surface area contributed by atoms with E-state index in [1.54, 1.807) is 25.3 Å². The van der Waals surface area contributed by atoms with E-state index in [1.807, 2.05) is 41.3 Å². The maximum Gasteiger partial charge on any atom is 0.344 e. The van der Waals surface area contributed by atoms with Gasteiger partial charge in [-0.15, -0.1) is 0 Å². The summed E-state index contributed by atoms with van der Waals surface area (Å²) in [5, 5.41) is 0.845. The van der Waals surface area contributed by atoms with Gasteiger partial charge in [0.2, 0.25) is 0 Å². The van der Waals surface area contributed by atoms with Crippen LogP contribution in [0, 0.1) is 11.3 Å². The molecule has 3 heterocycles. The van der Waals surface area contributed by atoms with Crippen molar-refractivity contribution in [2.45, 2.75) is 0 Å². The van der Waals surface area contributed by atoms with Crippen LogP contribution >= 0.6 is 0 Å². The molecule has 2 aliphatic heterocycles. The van der Waals surface area contributed by atoms with Crippen LogP contribution in [0.5, 0.6) is 0 Å². The van der Waals surface area contributed by atoms with E-state index >= 15 is 0 Å². The number of nitrogens with zero attached hydrogens (tertiary/aromatic N) is 1. The molecule has 0 N–H and O–H groups in total. The Labute approximate surface area is 174 Å². The highest BCUT2D eigenvalue weighted by molar-refractivity contribution is 5.96. The monoisotopic (exact) mass is 405 g/mol. The maximum absolute atomic E-state index is 13.2. The molecule has 0 unspecified atom stereocenters. The van der Waals surface area contributed by atoms with E-state index in [0.29, 0.717) is 55.2 Å². The fraction of sp³-hybridized carbons (Fsp3) is 0.333. The van der Waals surface area contributed by atoms with Crippen LogP contribution in [0.15, 0.2) is 63.8 Å². The van der Waals surface area contributed by atoms with Crippen molar-refractivity contribution < 1.29 is 18.7 Å². The minimum Gasteiger partial charge on any atom is -0.422 e. The number of hydrogen-bond acceptors (Lipinski definition) is 5. The Morgan fingerprint density at radius 2 is 2.07 bits per heavy atom. The summed E-state index contributed by atoms with van der Waals surface area (Å²) in [6, 6.07) is 16.4. The molecule has 6 heteroatoms. The first-order chi connectivity index (χ1) is 14.6. The van der Waals surface area contributed by atoms with Crippen molar-refractivity contribution >= 4 is 16.9 Å². The summed E-state index contributed by atoms with van der Waals surface area (Å²) in [7, 11) is 1.69. The lowest BCUT2D eigenvalue weighted by Crippen LogP contribution is -2.37. The second-order valence-corrected chi connectivity index (χ2v) is 8.26. The molecule has 5 rings (SSSR count). The van der Waals surface area contributed by atoms with Crippen LogP contribution in [0.25, 0.3) is 22.1 Å². The highest BCUT2D eigenvalue weighted by Gasteiger charge is 2.51. The Balaban J connectivity index is 1.45. The molecule has 6 nitrogen and oxygen atoms in total. The summed E-state index contributed by atoms with van der Waals surface area (Å²) in [6.07, 6.45) is 0. The van der Waals surface area contributed by atoms with Gasteiger partial charge in [0.1, 0.15) is 5.58 Å². The number of ether oxygens (including phenoxy) is 2. The van der Waals surface area contributed by atoms with Crippen LogP contribution < -0.4 is 5.63 Å². The van der Waals surface area contributed by atoms with Gasteiger partial charge < -0.3 is 18.8 Å². The zero-order valence-corrected chi connectivity index (χ0v) is 16.8. The Morgan fingerprint density at radius 3 is 2.93 bits per heavy atom. The van der Waals surface area contributed by atoms with Crippen LogP contribution in [0.1, 0.15) is 10.4 Å². The van der Waals surface area contributed by atoms with Crippen molar-refractivity contribution in [1.29, 1.82) is 0 Å². The van der Waals surface area contributed by atoms with Gasteiger partial charge in [-0.05, 0) is 29.8 Å². The lowest BCUT2D eigenvalue weighted by molar-refractivity contribution is 0.0489. The summed E-state index contributed by atoms with van der Waals surface area (Å²) in [6.45, 7) is 3.13. The molecule has 30 heavy (non-hydrogen) atoms. The Hall–Kier alpha value is -2.96. The normalized spacial score (nSPS) is 23.1. The van der Waals surface area contributed by atoms with Crippen LogP contribution in [-0.2, 0) is 9.47 Å². The van der Waals surface area contributed by atoms with Crippen molar-refractivity contribution in [2.75, 3.05) is 40.0 Å². The van der Waals surface area contributed by atoms with Crippen molar-refractivity contribution in [3.8, 4) is 11.1 Å². The second-order valence-electron chi connectivity index (χ2n) is 8.26. The van der Waals surface area contributed by atoms with Gasteiger partial charge in [0.05, 0.1) is 25.4 Å². The molecule has 0 spiro atoms. The predicted molar refractivity (Wildman–Crippen MR) is 112 cm³/mol. The zero-order chi connectivity index (χ0) is 20.7. The molecular formula is C24H23NO5. The molecule has 2 aliphatic rings. The minimum absolute atomic E-state index is 0.0353. The number of rotatable bonds is 4. The van der Waals surface area contributed by atoms with Gasteiger partial charge in [0, 0.05) is 42.5 Å². The molecule has 1 aromatic heterocycles. The van der Waals surface area contributed by atoms with E-state index in [-0.39, 0.29) is 17.2 Å². The topological polar surface area (TPSA) is 69.0 Å². The molecule has 1 amide bonds. The van der Waals surface area contributed by atoms with Crippen LogP contribution in [-0.4, -0.2) is 50.8 Å². The number of benzene rings is 2. The van der Waals surface area contributed by atoms with E-state index in [1.165, 1.54) is 0 Å². The number of amides is 1. The molecule has 2 aromatic carbocycles. The number of carbonyl (C=O) groups excluding carboxylic acids is 1. The van der Waals surface area contributed by atoms with Crippen molar-refractivity contribution in [2.24, 2.45) is 11.3 Å². The van der Waals surface area contributed by atoms with Crippen LogP contribution in [0.2, 0.25) is 0 Å². The number of fused-ring (bicyclic) bond motifs is 2. The lowest BCUT2D eigenvalue weighted by Gasteiger charge is -2.26. The van der Waals surface area contributed by atoms with E-state index in [4.69, 9.17) is 13.9 Å². The van der Waals surface area contributed by atoms with E-state index in [2.05, 4.69) is 0 Å². The van der Waals surface area contributed by atoms with Gasteiger partial charge in [-0.1, -0.05) is 30.3 Å².